The number of fused-ring (bicyclic) bond motifs is 3. The number of ether oxygens (including phenoxy) is 2. The molecule has 0 radical (unpaired) electrons. The highest BCUT2D eigenvalue weighted by atomic mass is 35.5. The van der Waals surface area contributed by atoms with Gasteiger partial charge in [-0.05, 0) is 19.1 Å². The molecule has 0 amide bonds. The van der Waals surface area contributed by atoms with Crippen LogP contribution in [0.2, 0.25) is 5.02 Å². The normalized spacial score (nSPS) is 27.8. The number of carbonyl (C=O) groups is 1. The van der Waals surface area contributed by atoms with E-state index in [2.05, 4.69) is 0 Å². The molecule has 3 atom stereocenters. The quantitative estimate of drug-likeness (QED) is 0.775. The summed E-state index contributed by atoms with van der Waals surface area (Å²) in [7, 11) is 0. The summed E-state index contributed by atoms with van der Waals surface area (Å²) < 4.78 is 24.3. The van der Waals surface area contributed by atoms with Crippen molar-refractivity contribution in [3.05, 3.63) is 28.5 Å². The first-order chi connectivity index (χ1) is 8.65. The number of benzene rings is 1. The maximum absolute atomic E-state index is 13.9. The molecule has 1 unspecified atom stereocenters. The predicted molar refractivity (Wildman–Crippen MR) is 63.3 cm³/mol. The Morgan fingerprint density at radius 3 is 3.11 bits per heavy atom. The molecule has 2 aliphatic rings. The second-order valence-corrected chi connectivity index (χ2v) is 4.96. The summed E-state index contributed by atoms with van der Waals surface area (Å²) in [6.07, 6.45) is 0. The van der Waals surface area contributed by atoms with Gasteiger partial charge in [0.2, 0.25) is 0 Å². The summed E-state index contributed by atoms with van der Waals surface area (Å²) in [5, 5.41) is 0.388. The fraction of sp³-hybridized carbons (Fsp3) is 0.462. The SMILES string of the molecule is CCOC(=O)C1[C@H]2c3c(F)ccc(Cl)c3OC[C@@H]12. The Kier molecular flexibility index (Phi) is 2.70. The summed E-state index contributed by atoms with van der Waals surface area (Å²) in [5.41, 5.74) is 0.428. The Balaban J connectivity index is 1.95. The molecule has 3 rings (SSSR count). The summed E-state index contributed by atoms with van der Waals surface area (Å²) in [6, 6.07) is 2.78. The van der Waals surface area contributed by atoms with Crippen LogP contribution in [0.15, 0.2) is 12.1 Å². The smallest absolute Gasteiger partial charge is 0.309 e. The Hall–Kier alpha value is -1.29. The number of esters is 1. The Morgan fingerprint density at radius 1 is 1.61 bits per heavy atom. The van der Waals surface area contributed by atoms with E-state index in [4.69, 9.17) is 21.1 Å². The molecule has 18 heavy (non-hydrogen) atoms. The zero-order valence-electron chi connectivity index (χ0n) is 9.78. The second-order valence-electron chi connectivity index (χ2n) is 4.55. The summed E-state index contributed by atoms with van der Waals surface area (Å²) >= 11 is 5.98. The molecule has 96 valence electrons. The molecule has 0 saturated heterocycles. The van der Waals surface area contributed by atoms with E-state index in [1.165, 1.54) is 12.1 Å². The largest absolute Gasteiger partial charge is 0.491 e. The Morgan fingerprint density at radius 2 is 2.39 bits per heavy atom. The lowest BCUT2D eigenvalue weighted by Gasteiger charge is -2.17. The molecular weight excluding hydrogens is 259 g/mol. The monoisotopic (exact) mass is 270 g/mol. The molecule has 1 aliphatic carbocycles. The molecular formula is C13H12ClFO3. The predicted octanol–water partition coefficient (Wildman–Crippen LogP) is 2.76. The van der Waals surface area contributed by atoms with Crippen LogP contribution >= 0.6 is 11.6 Å². The Bertz CT molecular complexity index is 517. The fourth-order valence-corrected chi connectivity index (χ4v) is 2.94. The molecule has 1 aliphatic heterocycles. The molecule has 1 saturated carbocycles. The summed E-state index contributed by atoms with van der Waals surface area (Å²) in [6.45, 7) is 2.48. The van der Waals surface area contributed by atoms with Gasteiger partial charge in [0.1, 0.15) is 11.6 Å². The highest BCUT2D eigenvalue weighted by Crippen LogP contribution is 2.61. The van der Waals surface area contributed by atoms with Gasteiger partial charge in [0.15, 0.2) is 0 Å². The van der Waals surface area contributed by atoms with Crippen LogP contribution in [0.25, 0.3) is 0 Å². The van der Waals surface area contributed by atoms with Crippen LogP contribution in [0.4, 0.5) is 4.39 Å². The van der Waals surface area contributed by atoms with E-state index in [1.54, 1.807) is 6.92 Å². The van der Waals surface area contributed by atoms with E-state index in [9.17, 15) is 9.18 Å². The van der Waals surface area contributed by atoms with Crippen LogP contribution in [0.5, 0.6) is 5.75 Å². The Labute approximate surface area is 109 Å². The summed E-state index contributed by atoms with van der Waals surface area (Å²) in [5.74, 6) is -0.681. The van der Waals surface area contributed by atoms with Gasteiger partial charge in [-0.15, -0.1) is 0 Å². The van der Waals surface area contributed by atoms with Gasteiger partial charge in [-0.25, -0.2) is 4.39 Å². The van der Waals surface area contributed by atoms with E-state index in [-0.39, 0.29) is 29.5 Å². The fourth-order valence-electron chi connectivity index (χ4n) is 2.72. The first-order valence-electron chi connectivity index (χ1n) is 5.92. The van der Waals surface area contributed by atoms with Gasteiger partial charge in [-0.2, -0.15) is 0 Å². The van der Waals surface area contributed by atoms with Crippen molar-refractivity contribution < 1.29 is 18.7 Å². The molecule has 0 spiro atoms. The number of carbonyl (C=O) groups excluding carboxylic acids is 1. The van der Waals surface area contributed by atoms with Crippen LogP contribution in [-0.2, 0) is 9.53 Å². The highest BCUT2D eigenvalue weighted by molar-refractivity contribution is 6.32. The zero-order valence-corrected chi connectivity index (χ0v) is 10.5. The van der Waals surface area contributed by atoms with E-state index in [0.717, 1.165) is 0 Å². The highest BCUT2D eigenvalue weighted by Gasteiger charge is 2.60. The van der Waals surface area contributed by atoms with Crippen molar-refractivity contribution in [2.45, 2.75) is 12.8 Å². The average Bonchev–Trinajstić information content (AvgIpc) is 3.08. The molecule has 0 N–H and O–H groups in total. The first kappa shape index (κ1) is 11.8. The van der Waals surface area contributed by atoms with Crippen LogP contribution in [0, 0.1) is 17.7 Å². The van der Waals surface area contributed by atoms with Crippen molar-refractivity contribution >= 4 is 17.6 Å². The minimum absolute atomic E-state index is 0.0181. The molecule has 1 aromatic rings. The minimum atomic E-state index is -0.365. The van der Waals surface area contributed by atoms with Gasteiger partial charge in [0, 0.05) is 17.4 Å². The molecule has 1 heterocycles. The van der Waals surface area contributed by atoms with Gasteiger partial charge in [0.05, 0.1) is 24.2 Å². The first-order valence-corrected chi connectivity index (χ1v) is 6.30. The average molecular weight is 271 g/mol. The van der Waals surface area contributed by atoms with Crippen LogP contribution in [0.3, 0.4) is 0 Å². The van der Waals surface area contributed by atoms with Crippen molar-refractivity contribution in [1.29, 1.82) is 0 Å². The maximum atomic E-state index is 13.9. The van der Waals surface area contributed by atoms with Gasteiger partial charge >= 0.3 is 5.97 Å². The zero-order chi connectivity index (χ0) is 12.9. The van der Waals surface area contributed by atoms with Crippen LogP contribution < -0.4 is 4.74 Å². The van der Waals surface area contributed by atoms with Crippen molar-refractivity contribution in [3.8, 4) is 5.75 Å². The van der Waals surface area contributed by atoms with E-state index in [0.29, 0.717) is 29.5 Å². The van der Waals surface area contributed by atoms with Gasteiger partial charge < -0.3 is 9.47 Å². The van der Waals surface area contributed by atoms with Gasteiger partial charge in [-0.3, -0.25) is 4.79 Å². The van der Waals surface area contributed by atoms with E-state index < -0.39 is 0 Å². The third-order valence-electron chi connectivity index (χ3n) is 3.58. The number of rotatable bonds is 2. The summed E-state index contributed by atoms with van der Waals surface area (Å²) in [4.78, 5) is 11.7. The van der Waals surface area contributed by atoms with Gasteiger partial charge in [0.25, 0.3) is 0 Å². The van der Waals surface area contributed by atoms with Crippen molar-refractivity contribution in [3.63, 3.8) is 0 Å². The molecule has 3 nitrogen and oxygen atoms in total. The van der Waals surface area contributed by atoms with E-state index in [1.807, 2.05) is 0 Å². The molecule has 1 fully saturated rings. The molecule has 5 heteroatoms. The lowest BCUT2D eigenvalue weighted by Crippen LogP contribution is -2.11. The van der Waals surface area contributed by atoms with E-state index >= 15 is 0 Å². The van der Waals surface area contributed by atoms with Crippen molar-refractivity contribution in [2.75, 3.05) is 13.2 Å². The third-order valence-corrected chi connectivity index (χ3v) is 3.87. The minimum Gasteiger partial charge on any atom is -0.491 e. The van der Waals surface area contributed by atoms with Crippen LogP contribution in [0.1, 0.15) is 18.4 Å². The molecule has 1 aromatic carbocycles. The standard InChI is InChI=1S/C13H12ClFO3/c1-2-17-13(16)10-6-5-18-12-7(14)3-4-8(15)11(12)9(6)10/h3-4,6,9-10H,2,5H2,1H3/t6-,9+,10?/m1/s1. The third kappa shape index (κ3) is 1.59. The number of hydrogen-bond donors (Lipinski definition) is 0. The topological polar surface area (TPSA) is 35.5 Å². The lowest BCUT2D eigenvalue weighted by molar-refractivity contribution is -0.145. The lowest BCUT2D eigenvalue weighted by atomic mass is 10.0. The van der Waals surface area contributed by atoms with Crippen molar-refractivity contribution in [2.24, 2.45) is 11.8 Å². The maximum Gasteiger partial charge on any atom is 0.309 e. The number of hydrogen-bond acceptors (Lipinski definition) is 3. The van der Waals surface area contributed by atoms with Gasteiger partial charge in [-0.1, -0.05) is 11.6 Å². The van der Waals surface area contributed by atoms with Crippen molar-refractivity contribution in [1.82, 2.24) is 0 Å². The number of halogens is 2. The second kappa shape index (κ2) is 4.12. The van der Waals surface area contributed by atoms with Crippen LogP contribution in [-0.4, -0.2) is 19.2 Å². The molecule has 0 aromatic heterocycles. The molecule has 0 bridgehead atoms.